The van der Waals surface area contributed by atoms with Crippen LogP contribution >= 0.6 is 11.6 Å². The Morgan fingerprint density at radius 3 is 2.73 bits per heavy atom. The summed E-state index contributed by atoms with van der Waals surface area (Å²) in [5.74, 6) is 6.32. The minimum atomic E-state index is -1.04. The van der Waals surface area contributed by atoms with Crippen molar-refractivity contribution in [3.63, 3.8) is 0 Å². The van der Waals surface area contributed by atoms with Gasteiger partial charge in [0.25, 0.3) is 0 Å². The van der Waals surface area contributed by atoms with Crippen LogP contribution in [0.4, 0.5) is 10.6 Å². The third-order valence-electron chi connectivity index (χ3n) is 3.87. The van der Waals surface area contributed by atoms with E-state index in [1.165, 1.54) is 6.20 Å². The van der Waals surface area contributed by atoms with E-state index >= 15 is 0 Å². The lowest BCUT2D eigenvalue weighted by molar-refractivity contribution is -0.0969. The number of halogens is 1. The second kappa shape index (κ2) is 10.2. The van der Waals surface area contributed by atoms with Crippen LogP contribution in [0.5, 0.6) is 0 Å². The van der Waals surface area contributed by atoms with E-state index in [0.717, 1.165) is 19.3 Å². The van der Waals surface area contributed by atoms with Crippen LogP contribution in [0.2, 0.25) is 5.28 Å². The molecule has 2 rings (SSSR count). The number of ether oxygens (including phenoxy) is 2. The van der Waals surface area contributed by atoms with E-state index < -0.39 is 12.4 Å². The average molecular weight is 383 g/mol. The van der Waals surface area contributed by atoms with Crippen LogP contribution in [-0.4, -0.2) is 52.8 Å². The Hall–Kier alpha value is -2.08. The molecule has 0 aromatic carbocycles. The van der Waals surface area contributed by atoms with E-state index in [2.05, 4.69) is 32.4 Å². The summed E-state index contributed by atoms with van der Waals surface area (Å²) in [5, 5.41) is 14.8. The number of nitrogens with one attached hydrogen (secondary N) is 2. The number of carboxylic acid groups (broad SMARTS) is 1. The van der Waals surface area contributed by atoms with Gasteiger partial charge in [-0.15, -0.1) is 0 Å². The lowest BCUT2D eigenvalue weighted by Crippen LogP contribution is -2.42. The van der Waals surface area contributed by atoms with Gasteiger partial charge >= 0.3 is 6.09 Å². The van der Waals surface area contributed by atoms with Crippen LogP contribution < -0.4 is 10.6 Å². The molecule has 9 heteroatoms. The minimum absolute atomic E-state index is 0.0879. The zero-order chi connectivity index (χ0) is 18.9. The Bertz CT molecular complexity index is 670. The maximum absolute atomic E-state index is 10.9. The van der Waals surface area contributed by atoms with Crippen LogP contribution in [0.3, 0.4) is 0 Å². The molecule has 1 aromatic rings. The number of carbonyl (C=O) groups is 1. The Morgan fingerprint density at radius 2 is 2.08 bits per heavy atom. The van der Waals surface area contributed by atoms with Gasteiger partial charge in [-0.1, -0.05) is 5.92 Å². The van der Waals surface area contributed by atoms with Gasteiger partial charge in [-0.2, -0.15) is 4.98 Å². The van der Waals surface area contributed by atoms with E-state index in [0.29, 0.717) is 24.6 Å². The number of hydrogen-bond donors (Lipinski definition) is 3. The molecule has 1 aliphatic rings. The molecule has 2 atom stereocenters. The van der Waals surface area contributed by atoms with Gasteiger partial charge < -0.3 is 25.2 Å². The molecule has 0 bridgehead atoms. The Labute approximate surface area is 157 Å². The van der Waals surface area contributed by atoms with E-state index in [1.807, 2.05) is 13.8 Å². The average Bonchev–Trinajstić information content (AvgIpc) is 3.00. The molecule has 0 unspecified atom stereocenters. The fourth-order valence-corrected chi connectivity index (χ4v) is 2.91. The first kappa shape index (κ1) is 20.2. The molecule has 0 saturated heterocycles. The van der Waals surface area contributed by atoms with Gasteiger partial charge in [0.05, 0.1) is 11.6 Å². The number of rotatable bonds is 7. The molecule has 0 spiro atoms. The fourth-order valence-electron chi connectivity index (χ4n) is 2.77. The van der Waals surface area contributed by atoms with E-state index in [1.54, 1.807) is 0 Å². The third kappa shape index (κ3) is 6.02. The molecule has 26 heavy (non-hydrogen) atoms. The fraction of sp³-hybridized carbons (Fsp3) is 0.588. The molecule has 0 aliphatic heterocycles. The summed E-state index contributed by atoms with van der Waals surface area (Å²) in [4.78, 5) is 19.1. The highest BCUT2D eigenvalue weighted by atomic mass is 35.5. The van der Waals surface area contributed by atoms with Gasteiger partial charge in [0.1, 0.15) is 5.82 Å². The minimum Gasteiger partial charge on any atom is -0.465 e. The summed E-state index contributed by atoms with van der Waals surface area (Å²) >= 11 is 5.92. The molecule has 142 valence electrons. The monoisotopic (exact) mass is 382 g/mol. The van der Waals surface area contributed by atoms with Crippen molar-refractivity contribution in [2.75, 3.05) is 18.5 Å². The SMILES string of the molecule is CCOC(C#Cc1cnc(Cl)nc1N[C@H]1CCC[C@@H]1NC(=O)O)OCC. The van der Waals surface area contributed by atoms with Crippen molar-refractivity contribution in [1.82, 2.24) is 15.3 Å². The topological polar surface area (TPSA) is 106 Å². The van der Waals surface area contributed by atoms with Crippen LogP contribution in [0.25, 0.3) is 0 Å². The van der Waals surface area contributed by atoms with Gasteiger partial charge in [0.2, 0.25) is 11.6 Å². The first-order valence-electron chi connectivity index (χ1n) is 8.56. The highest BCUT2D eigenvalue weighted by molar-refractivity contribution is 6.28. The summed E-state index contributed by atoms with van der Waals surface area (Å²) in [6, 6.07) is -0.283. The smallest absolute Gasteiger partial charge is 0.404 e. The second-order valence-electron chi connectivity index (χ2n) is 5.65. The molecular weight excluding hydrogens is 360 g/mol. The molecule has 1 heterocycles. The van der Waals surface area contributed by atoms with Gasteiger partial charge in [0.15, 0.2) is 0 Å². The van der Waals surface area contributed by atoms with Gasteiger partial charge in [-0.25, -0.2) is 9.78 Å². The summed E-state index contributed by atoms with van der Waals surface area (Å²) in [6.45, 7) is 4.68. The summed E-state index contributed by atoms with van der Waals surface area (Å²) in [5.41, 5.74) is 0.541. The number of anilines is 1. The molecule has 1 fully saturated rings. The largest absolute Gasteiger partial charge is 0.465 e. The molecule has 1 aromatic heterocycles. The lowest BCUT2D eigenvalue weighted by Gasteiger charge is -2.22. The predicted molar refractivity (Wildman–Crippen MR) is 97.2 cm³/mol. The number of hydrogen-bond acceptors (Lipinski definition) is 6. The predicted octanol–water partition coefficient (Wildman–Crippen LogP) is 2.48. The number of aromatic nitrogens is 2. The quantitative estimate of drug-likeness (QED) is 0.378. The highest BCUT2D eigenvalue weighted by Crippen LogP contribution is 2.24. The summed E-state index contributed by atoms with van der Waals surface area (Å²) < 4.78 is 10.8. The van der Waals surface area contributed by atoms with Gasteiger partial charge in [-0.3, -0.25) is 0 Å². The molecule has 1 aliphatic carbocycles. The molecule has 3 N–H and O–H groups in total. The molecular formula is C17H23ClN4O4. The van der Waals surface area contributed by atoms with E-state index in [9.17, 15) is 4.79 Å². The molecule has 8 nitrogen and oxygen atoms in total. The molecule has 0 radical (unpaired) electrons. The molecule has 1 saturated carbocycles. The Balaban J connectivity index is 2.18. The Kier molecular flexibility index (Phi) is 7.91. The first-order chi connectivity index (χ1) is 12.5. The number of nitrogens with zero attached hydrogens (tertiary/aromatic N) is 2. The summed E-state index contributed by atoms with van der Waals surface area (Å²) in [7, 11) is 0. The van der Waals surface area contributed by atoms with Crippen LogP contribution in [0.1, 0.15) is 38.7 Å². The Morgan fingerprint density at radius 1 is 1.38 bits per heavy atom. The van der Waals surface area contributed by atoms with Crippen LogP contribution in [0, 0.1) is 11.8 Å². The van der Waals surface area contributed by atoms with E-state index in [4.69, 9.17) is 26.2 Å². The van der Waals surface area contributed by atoms with Crippen LogP contribution in [-0.2, 0) is 9.47 Å². The maximum Gasteiger partial charge on any atom is 0.404 e. The zero-order valence-corrected chi connectivity index (χ0v) is 15.5. The first-order valence-corrected chi connectivity index (χ1v) is 8.94. The normalized spacial score (nSPS) is 19.1. The van der Waals surface area contributed by atoms with Crippen molar-refractivity contribution in [3.05, 3.63) is 17.0 Å². The van der Waals surface area contributed by atoms with Crippen molar-refractivity contribution in [3.8, 4) is 11.8 Å². The van der Waals surface area contributed by atoms with Crippen LogP contribution in [0.15, 0.2) is 6.20 Å². The zero-order valence-electron chi connectivity index (χ0n) is 14.8. The second-order valence-corrected chi connectivity index (χ2v) is 5.99. The van der Waals surface area contributed by atoms with Gasteiger partial charge in [0, 0.05) is 25.5 Å². The van der Waals surface area contributed by atoms with Crippen molar-refractivity contribution in [2.24, 2.45) is 0 Å². The van der Waals surface area contributed by atoms with Gasteiger partial charge in [-0.05, 0) is 50.6 Å². The standard InChI is InChI=1S/C17H23ClN4O4/c1-3-25-14(26-4-2)9-8-11-10-19-16(18)22-15(11)20-12-6-5-7-13(12)21-17(23)24/h10,12-14,21H,3-7H2,1-2H3,(H,23,24)(H,19,20,22)/t12-,13-/m0/s1. The third-order valence-corrected chi connectivity index (χ3v) is 4.05. The van der Waals surface area contributed by atoms with E-state index in [-0.39, 0.29) is 17.4 Å². The highest BCUT2D eigenvalue weighted by Gasteiger charge is 2.29. The summed E-state index contributed by atoms with van der Waals surface area (Å²) in [6.07, 6.45) is 2.34. The van der Waals surface area contributed by atoms with Crippen molar-refractivity contribution < 1.29 is 19.4 Å². The van der Waals surface area contributed by atoms with Crippen molar-refractivity contribution in [2.45, 2.75) is 51.5 Å². The van der Waals surface area contributed by atoms with Crippen molar-refractivity contribution >= 4 is 23.5 Å². The lowest BCUT2D eigenvalue weighted by atomic mass is 10.1. The maximum atomic E-state index is 10.9. The van der Waals surface area contributed by atoms with Crippen molar-refractivity contribution in [1.29, 1.82) is 0 Å². The number of amides is 1. The molecule has 1 amide bonds.